The number of Topliss-reactive ketones (excluding diaryl/α,β-unsaturated/α-hetero) is 1. The molecule has 2 bridgehead atoms. The molecule has 45 heavy (non-hydrogen) atoms. The number of halogens is 2. The maximum atomic E-state index is 13.4. The highest BCUT2D eigenvalue weighted by Crippen LogP contribution is 2.57. The number of piperidine rings is 3. The van der Waals surface area contributed by atoms with Crippen LogP contribution in [0.1, 0.15) is 93.1 Å². The minimum Gasteiger partial charge on any atom is -1.00 e. The van der Waals surface area contributed by atoms with E-state index in [1.165, 1.54) is 38.5 Å². The van der Waals surface area contributed by atoms with E-state index in [1.54, 1.807) is 0 Å². The van der Waals surface area contributed by atoms with Crippen LogP contribution in [0.25, 0.3) is 10.8 Å². The van der Waals surface area contributed by atoms with Crippen molar-refractivity contribution < 1.29 is 31.4 Å². The van der Waals surface area contributed by atoms with Gasteiger partial charge in [-0.2, -0.15) is 0 Å². The van der Waals surface area contributed by atoms with E-state index in [0.29, 0.717) is 6.54 Å². The molecule has 0 radical (unpaired) electrons. The summed E-state index contributed by atoms with van der Waals surface area (Å²) >= 11 is 0. The van der Waals surface area contributed by atoms with E-state index in [4.69, 9.17) is 0 Å². The largest absolute Gasteiger partial charge is 1.00 e. The van der Waals surface area contributed by atoms with E-state index in [2.05, 4.69) is 56.3 Å². The number of aliphatic hydroxyl groups is 1. The van der Waals surface area contributed by atoms with Gasteiger partial charge in [-0.15, -0.1) is 17.0 Å². The van der Waals surface area contributed by atoms with Gasteiger partial charge in [0.15, 0.2) is 0 Å². The zero-order chi connectivity index (χ0) is 30.2. The van der Waals surface area contributed by atoms with Crippen LogP contribution >= 0.6 is 17.0 Å². The quantitative estimate of drug-likeness (QED) is 0.103. The van der Waals surface area contributed by atoms with Gasteiger partial charge in [0.25, 0.3) is 0 Å². The van der Waals surface area contributed by atoms with Crippen molar-refractivity contribution in [2.24, 2.45) is 5.41 Å². The first kappa shape index (κ1) is 37.2. The fraction of sp³-hybridized carbons (Fsp3) is 0.425. The SMILES string of the molecule is Br.CCCCCCCC.O=C(C[N+]12CCC(C(O)(c3ccccc3)c3ccccc3)(CC1)CC2)c1ccc2ccccc2c1.[Br-]. The third-order valence-electron chi connectivity index (χ3n) is 10.4. The summed E-state index contributed by atoms with van der Waals surface area (Å²) in [6.07, 6.45) is 11.2. The van der Waals surface area contributed by atoms with Crippen molar-refractivity contribution >= 4 is 33.5 Å². The average Bonchev–Trinajstić information content (AvgIpc) is 3.08. The average molecular weight is 738 g/mol. The van der Waals surface area contributed by atoms with E-state index in [0.717, 1.165) is 70.8 Å². The molecule has 7 rings (SSSR count). The normalized spacial score (nSPS) is 20.3. The van der Waals surface area contributed by atoms with Crippen LogP contribution in [-0.2, 0) is 5.60 Å². The summed E-state index contributed by atoms with van der Waals surface area (Å²) in [6, 6.07) is 34.6. The van der Waals surface area contributed by atoms with E-state index >= 15 is 0 Å². The standard InChI is InChI=1S/C32H32NO2.C8H18.2BrH/c34-30(27-16-15-25-9-7-8-10-26(25)23-27)24-33-20-17-31(18-21-33,19-22-33)32(35,28-11-3-1-4-12-28)29-13-5-2-6-14-29;1-3-5-7-8-6-4-2;;/h1-16,23,35H,17-22,24H2;3-8H2,1-2H3;2*1H/q+1;;;/p-1. The molecule has 242 valence electrons. The Hall–Kier alpha value is -2.31. The first-order valence-electron chi connectivity index (χ1n) is 16.7. The number of fused-ring (bicyclic) bond motifs is 4. The Morgan fingerprint density at radius 1 is 0.689 bits per heavy atom. The van der Waals surface area contributed by atoms with Gasteiger partial charge in [0.2, 0.25) is 5.78 Å². The van der Waals surface area contributed by atoms with Crippen molar-refractivity contribution in [2.45, 2.75) is 77.2 Å². The minimum atomic E-state index is -1.03. The van der Waals surface area contributed by atoms with Crippen molar-refractivity contribution in [3.05, 3.63) is 120 Å². The molecule has 4 aromatic carbocycles. The zero-order valence-corrected chi connectivity index (χ0v) is 30.4. The molecule has 0 saturated carbocycles. The number of carbonyl (C=O) groups excluding carboxylic acids is 1. The number of quaternary nitrogens is 1. The molecular formula is C40H51Br2NO2. The number of hydrogen-bond acceptors (Lipinski definition) is 2. The molecule has 5 heteroatoms. The summed E-state index contributed by atoms with van der Waals surface area (Å²) in [5.41, 5.74) is 1.50. The lowest BCUT2D eigenvalue weighted by atomic mass is 9.56. The third-order valence-corrected chi connectivity index (χ3v) is 10.4. The summed E-state index contributed by atoms with van der Waals surface area (Å²) in [5.74, 6) is 0.228. The molecule has 3 aliphatic rings. The zero-order valence-electron chi connectivity index (χ0n) is 27.1. The van der Waals surface area contributed by atoms with Crippen LogP contribution in [0.4, 0.5) is 0 Å². The number of benzene rings is 4. The molecule has 3 nitrogen and oxygen atoms in total. The predicted molar refractivity (Wildman–Crippen MR) is 190 cm³/mol. The lowest BCUT2D eigenvalue weighted by molar-refractivity contribution is -0.938. The first-order chi connectivity index (χ1) is 21.0. The Bertz CT molecular complexity index is 1400. The Morgan fingerprint density at radius 3 is 1.64 bits per heavy atom. The molecule has 0 unspecified atom stereocenters. The maximum Gasteiger partial charge on any atom is 0.216 e. The highest BCUT2D eigenvalue weighted by atomic mass is 79.9. The molecule has 3 aliphatic heterocycles. The predicted octanol–water partition coefficient (Wildman–Crippen LogP) is 6.91. The number of rotatable bonds is 11. The fourth-order valence-electron chi connectivity index (χ4n) is 7.59. The molecule has 0 atom stereocenters. The molecule has 0 amide bonds. The third kappa shape index (κ3) is 8.16. The monoisotopic (exact) mass is 735 g/mol. The number of carbonyl (C=O) groups is 1. The summed E-state index contributed by atoms with van der Waals surface area (Å²) in [7, 11) is 0. The van der Waals surface area contributed by atoms with Crippen molar-refractivity contribution in [3.63, 3.8) is 0 Å². The lowest BCUT2D eigenvalue weighted by Crippen LogP contribution is -3.00. The molecule has 4 aromatic rings. The molecule has 0 spiro atoms. The van der Waals surface area contributed by atoms with Gasteiger partial charge < -0.3 is 26.6 Å². The van der Waals surface area contributed by atoms with Crippen LogP contribution in [0.3, 0.4) is 0 Å². The van der Waals surface area contributed by atoms with Gasteiger partial charge >= 0.3 is 0 Å². The van der Waals surface area contributed by atoms with Gasteiger partial charge in [-0.1, -0.05) is 149 Å². The van der Waals surface area contributed by atoms with Crippen LogP contribution in [0.2, 0.25) is 0 Å². The summed E-state index contributed by atoms with van der Waals surface area (Å²) in [5, 5.41) is 14.8. The van der Waals surface area contributed by atoms with Gasteiger partial charge in [0.05, 0.1) is 19.6 Å². The molecule has 3 heterocycles. The maximum absolute atomic E-state index is 13.4. The number of hydrogen-bond donors (Lipinski definition) is 1. The second-order valence-electron chi connectivity index (χ2n) is 13.0. The summed E-state index contributed by atoms with van der Waals surface area (Å²) < 4.78 is 0.840. The first-order valence-corrected chi connectivity index (χ1v) is 16.7. The number of nitrogens with zero attached hydrogens (tertiary/aromatic N) is 1. The number of unbranched alkanes of at least 4 members (excludes halogenated alkanes) is 5. The van der Waals surface area contributed by atoms with E-state index in [-0.39, 0.29) is 45.2 Å². The van der Waals surface area contributed by atoms with Crippen LogP contribution in [-0.4, -0.2) is 41.6 Å². The Balaban J connectivity index is 0.000000492. The Labute approximate surface area is 292 Å². The van der Waals surface area contributed by atoms with Gasteiger partial charge in [-0.25, -0.2) is 0 Å². The van der Waals surface area contributed by atoms with Crippen molar-refractivity contribution in [2.75, 3.05) is 26.2 Å². The van der Waals surface area contributed by atoms with E-state index in [1.807, 2.05) is 60.7 Å². The van der Waals surface area contributed by atoms with Gasteiger partial charge in [-0.3, -0.25) is 4.79 Å². The van der Waals surface area contributed by atoms with Crippen LogP contribution < -0.4 is 17.0 Å². The van der Waals surface area contributed by atoms with Crippen molar-refractivity contribution in [3.8, 4) is 0 Å². The minimum absolute atomic E-state index is 0. The molecule has 0 aromatic heterocycles. The summed E-state index contributed by atoms with van der Waals surface area (Å²) in [6.45, 7) is 7.85. The van der Waals surface area contributed by atoms with Gasteiger partial charge in [-0.05, 0) is 28.0 Å². The highest BCUT2D eigenvalue weighted by molar-refractivity contribution is 8.93. The van der Waals surface area contributed by atoms with Gasteiger partial charge in [0, 0.05) is 30.2 Å². The smallest absolute Gasteiger partial charge is 0.216 e. The van der Waals surface area contributed by atoms with E-state index in [9.17, 15) is 9.90 Å². The highest BCUT2D eigenvalue weighted by Gasteiger charge is 2.60. The lowest BCUT2D eigenvalue weighted by Gasteiger charge is -2.59. The Kier molecular flexibility index (Phi) is 14.0. The Morgan fingerprint density at radius 2 is 1.16 bits per heavy atom. The molecule has 3 saturated heterocycles. The molecule has 0 aliphatic carbocycles. The summed E-state index contributed by atoms with van der Waals surface area (Å²) in [4.78, 5) is 13.4. The molecule has 1 N–H and O–H groups in total. The second-order valence-corrected chi connectivity index (χ2v) is 13.0. The van der Waals surface area contributed by atoms with Gasteiger partial charge in [0.1, 0.15) is 12.1 Å². The number of ketones is 1. The molecular weight excluding hydrogens is 686 g/mol. The van der Waals surface area contributed by atoms with Crippen LogP contribution in [0.15, 0.2) is 103 Å². The van der Waals surface area contributed by atoms with Crippen molar-refractivity contribution in [1.82, 2.24) is 0 Å². The van der Waals surface area contributed by atoms with Crippen molar-refractivity contribution in [1.29, 1.82) is 0 Å². The fourth-order valence-corrected chi connectivity index (χ4v) is 7.59. The van der Waals surface area contributed by atoms with Crippen LogP contribution in [0, 0.1) is 5.41 Å². The van der Waals surface area contributed by atoms with E-state index < -0.39 is 5.60 Å². The second kappa shape index (κ2) is 17.0. The molecule has 3 fully saturated rings. The topological polar surface area (TPSA) is 37.3 Å². The van der Waals surface area contributed by atoms with Crippen LogP contribution in [0.5, 0.6) is 0 Å².